The van der Waals surface area contributed by atoms with E-state index in [9.17, 15) is 9.59 Å². The van der Waals surface area contributed by atoms with Crippen molar-refractivity contribution in [2.75, 3.05) is 5.32 Å². The molecular formula is C20H21N5O2S. The summed E-state index contributed by atoms with van der Waals surface area (Å²) >= 11 is 1.43. The first kappa shape index (κ1) is 17.5. The van der Waals surface area contributed by atoms with E-state index in [0.29, 0.717) is 27.5 Å². The fourth-order valence-corrected chi connectivity index (χ4v) is 4.59. The number of aryl methyl sites for hydroxylation is 1. The summed E-state index contributed by atoms with van der Waals surface area (Å²) in [5.41, 5.74) is 1.05. The lowest BCUT2D eigenvalue weighted by molar-refractivity contribution is 0.102. The fourth-order valence-electron chi connectivity index (χ4n) is 3.69. The van der Waals surface area contributed by atoms with Crippen molar-refractivity contribution in [3.05, 3.63) is 44.9 Å². The Hall–Kier alpha value is -2.61. The van der Waals surface area contributed by atoms with Crippen LogP contribution in [0.5, 0.6) is 0 Å². The van der Waals surface area contributed by atoms with Gasteiger partial charge < -0.3 is 0 Å². The van der Waals surface area contributed by atoms with Gasteiger partial charge in [0.2, 0.25) is 5.13 Å². The molecule has 2 aromatic heterocycles. The second-order valence-electron chi connectivity index (χ2n) is 7.55. The van der Waals surface area contributed by atoms with Crippen molar-refractivity contribution in [3.63, 3.8) is 0 Å². The highest BCUT2D eigenvalue weighted by molar-refractivity contribution is 7.15. The number of nitrogens with one attached hydrogen (secondary N) is 1. The summed E-state index contributed by atoms with van der Waals surface area (Å²) in [5, 5.41) is 13.1. The second kappa shape index (κ2) is 7.09. The fraction of sp³-hybridized carbons (Fsp3) is 0.450. The van der Waals surface area contributed by atoms with Crippen LogP contribution in [0.3, 0.4) is 0 Å². The van der Waals surface area contributed by atoms with Crippen molar-refractivity contribution in [3.8, 4) is 0 Å². The van der Waals surface area contributed by atoms with Crippen LogP contribution in [-0.4, -0.2) is 25.7 Å². The van der Waals surface area contributed by atoms with Gasteiger partial charge in [-0.25, -0.2) is 4.98 Å². The number of benzene rings is 1. The molecule has 0 atom stereocenters. The highest BCUT2D eigenvalue weighted by atomic mass is 32.1. The number of nitrogens with zero attached hydrogens (tertiary/aromatic N) is 4. The molecule has 1 fully saturated rings. The van der Waals surface area contributed by atoms with Crippen molar-refractivity contribution in [2.45, 2.75) is 57.4 Å². The minimum Gasteiger partial charge on any atom is -0.296 e. The normalized spacial score (nSPS) is 17.0. The molecule has 0 spiro atoms. The van der Waals surface area contributed by atoms with Gasteiger partial charge in [0.15, 0.2) is 0 Å². The molecule has 3 heterocycles. The molecule has 0 saturated heterocycles. The van der Waals surface area contributed by atoms with Gasteiger partial charge in [0.1, 0.15) is 10.8 Å². The summed E-state index contributed by atoms with van der Waals surface area (Å²) in [6.45, 7) is 0.722. The van der Waals surface area contributed by atoms with Gasteiger partial charge in [-0.3, -0.25) is 19.5 Å². The number of amides is 1. The molecule has 1 aliphatic carbocycles. The van der Waals surface area contributed by atoms with Crippen LogP contribution in [0.4, 0.5) is 5.13 Å². The molecule has 1 aromatic carbocycles. The van der Waals surface area contributed by atoms with Crippen LogP contribution in [0.1, 0.15) is 65.6 Å². The molecule has 0 bridgehead atoms. The predicted molar refractivity (Wildman–Crippen MR) is 108 cm³/mol. The van der Waals surface area contributed by atoms with Crippen molar-refractivity contribution in [2.24, 2.45) is 0 Å². The molecule has 7 nitrogen and oxygen atoms in total. The van der Waals surface area contributed by atoms with Crippen molar-refractivity contribution < 1.29 is 4.79 Å². The maximum Gasteiger partial charge on any atom is 0.261 e. The smallest absolute Gasteiger partial charge is 0.261 e. The van der Waals surface area contributed by atoms with E-state index in [-0.39, 0.29) is 11.5 Å². The number of anilines is 1. The van der Waals surface area contributed by atoms with Crippen LogP contribution in [0.2, 0.25) is 0 Å². The third kappa shape index (κ3) is 3.32. The first-order valence-electron chi connectivity index (χ1n) is 9.87. The molecule has 1 N–H and O–H groups in total. The summed E-state index contributed by atoms with van der Waals surface area (Å²) in [5.74, 6) is 1.09. The summed E-state index contributed by atoms with van der Waals surface area (Å²) in [6.07, 6.45) is 7.47. The van der Waals surface area contributed by atoms with Gasteiger partial charge in [-0.1, -0.05) is 24.2 Å². The molecule has 5 rings (SSSR count). The molecule has 2 aliphatic rings. The van der Waals surface area contributed by atoms with E-state index in [0.717, 1.165) is 55.9 Å². The summed E-state index contributed by atoms with van der Waals surface area (Å²) in [7, 11) is 0. The monoisotopic (exact) mass is 395 g/mol. The van der Waals surface area contributed by atoms with Gasteiger partial charge in [0.25, 0.3) is 11.5 Å². The summed E-state index contributed by atoms with van der Waals surface area (Å²) in [6, 6.07) is 5.09. The average Bonchev–Trinajstić information content (AvgIpc) is 3.42. The quantitative estimate of drug-likeness (QED) is 0.733. The van der Waals surface area contributed by atoms with E-state index in [1.54, 1.807) is 18.2 Å². The van der Waals surface area contributed by atoms with Crippen molar-refractivity contribution in [1.82, 2.24) is 19.7 Å². The molecule has 144 valence electrons. The summed E-state index contributed by atoms with van der Waals surface area (Å²) < 4.78 is 1.81. The van der Waals surface area contributed by atoms with E-state index in [1.165, 1.54) is 17.8 Å². The highest BCUT2D eigenvalue weighted by Gasteiger charge is 2.27. The van der Waals surface area contributed by atoms with Crippen molar-refractivity contribution >= 4 is 33.3 Å². The lowest BCUT2D eigenvalue weighted by Crippen LogP contribution is -2.26. The highest BCUT2D eigenvalue weighted by Crippen LogP contribution is 2.42. The minimum absolute atomic E-state index is 0.00735. The Balaban J connectivity index is 1.45. The van der Waals surface area contributed by atoms with Crippen LogP contribution in [-0.2, 0) is 13.0 Å². The van der Waals surface area contributed by atoms with Crippen LogP contribution >= 0.6 is 11.3 Å². The Bertz CT molecular complexity index is 1120. The average molecular weight is 395 g/mol. The molecule has 1 saturated carbocycles. The first-order valence-corrected chi connectivity index (χ1v) is 10.7. The van der Waals surface area contributed by atoms with Gasteiger partial charge >= 0.3 is 0 Å². The van der Waals surface area contributed by atoms with Gasteiger partial charge in [-0.15, -0.1) is 10.2 Å². The Morgan fingerprint density at radius 3 is 2.86 bits per heavy atom. The molecule has 1 aliphatic heterocycles. The number of carbonyl (C=O) groups is 1. The number of rotatable bonds is 3. The number of fused-ring (bicyclic) bond motifs is 2. The van der Waals surface area contributed by atoms with E-state index in [4.69, 9.17) is 4.98 Å². The van der Waals surface area contributed by atoms with E-state index < -0.39 is 0 Å². The lowest BCUT2D eigenvalue weighted by Gasteiger charge is -2.16. The molecule has 0 unspecified atom stereocenters. The molecule has 8 heteroatoms. The Morgan fingerprint density at radius 2 is 2.00 bits per heavy atom. The minimum atomic E-state index is -0.256. The maximum atomic E-state index is 12.9. The van der Waals surface area contributed by atoms with Gasteiger partial charge in [0.05, 0.1) is 10.9 Å². The van der Waals surface area contributed by atoms with Gasteiger partial charge in [-0.2, -0.15) is 0 Å². The zero-order chi connectivity index (χ0) is 19.1. The van der Waals surface area contributed by atoms with Crippen LogP contribution in [0, 0.1) is 0 Å². The third-order valence-corrected chi connectivity index (χ3v) is 6.42. The van der Waals surface area contributed by atoms with Crippen LogP contribution in [0.25, 0.3) is 10.9 Å². The van der Waals surface area contributed by atoms with E-state index in [2.05, 4.69) is 15.5 Å². The molecular weight excluding hydrogens is 374 g/mol. The second-order valence-corrected chi connectivity index (χ2v) is 8.56. The number of aromatic nitrogens is 4. The predicted octanol–water partition coefficient (Wildman–Crippen LogP) is 3.49. The van der Waals surface area contributed by atoms with E-state index in [1.807, 2.05) is 4.57 Å². The molecule has 3 aromatic rings. The van der Waals surface area contributed by atoms with E-state index >= 15 is 0 Å². The van der Waals surface area contributed by atoms with Gasteiger partial charge in [0, 0.05) is 24.4 Å². The Labute approximate surface area is 165 Å². The molecule has 28 heavy (non-hydrogen) atoms. The first-order chi connectivity index (χ1) is 13.7. The number of hydrogen-bond acceptors (Lipinski definition) is 6. The number of carbonyl (C=O) groups excluding carboxylic acids is 1. The summed E-state index contributed by atoms with van der Waals surface area (Å²) in [4.78, 5) is 30.3. The zero-order valence-corrected chi connectivity index (χ0v) is 16.3. The largest absolute Gasteiger partial charge is 0.296 e. The van der Waals surface area contributed by atoms with Crippen LogP contribution in [0.15, 0.2) is 23.0 Å². The Morgan fingerprint density at radius 1 is 1.14 bits per heavy atom. The maximum absolute atomic E-state index is 12.9. The van der Waals surface area contributed by atoms with Crippen LogP contribution < -0.4 is 10.9 Å². The molecule has 0 radical (unpaired) electrons. The lowest BCUT2D eigenvalue weighted by atomic mass is 10.1. The number of hydrogen-bond donors (Lipinski definition) is 1. The third-order valence-electron chi connectivity index (χ3n) is 5.42. The topological polar surface area (TPSA) is 89.8 Å². The van der Waals surface area contributed by atoms with Gasteiger partial charge in [-0.05, 0) is 43.9 Å². The standard InChI is InChI=1S/C20H21N5O2S/c26-17(22-20-24-23-18(28-20)12-6-7-12)13-8-9-14-15(11-13)21-16-5-3-1-2-4-10-25(16)19(14)27/h8-9,11-12H,1-7,10H2,(H,22,24,26). The van der Waals surface area contributed by atoms with Crippen molar-refractivity contribution in [1.29, 1.82) is 0 Å². The SMILES string of the molecule is O=C(Nc1nnc(C2CC2)s1)c1ccc2c(=O)n3c(nc2c1)CCCCCC3. The Kier molecular flexibility index (Phi) is 4.43. The zero-order valence-electron chi connectivity index (χ0n) is 15.5. The molecule has 1 amide bonds.